The monoisotopic (exact) mass is 541 g/mol. The number of pyridine rings is 1. The van der Waals surface area contributed by atoms with E-state index in [9.17, 15) is 32.7 Å². The van der Waals surface area contributed by atoms with Crippen molar-refractivity contribution < 1.29 is 36.6 Å². The quantitative estimate of drug-likeness (QED) is 0.512. The number of anilines is 2. The average Bonchev–Trinajstić information content (AvgIpc) is 3.32. The Kier molecular flexibility index (Phi) is 7.19. The molecule has 4 rings (SSSR count). The Hall–Kier alpha value is -3.94. The lowest BCUT2D eigenvalue weighted by Gasteiger charge is -2.40. The normalized spacial score (nSPS) is 18.5. The number of hydrogen-bond donors (Lipinski definition) is 3. The van der Waals surface area contributed by atoms with Crippen LogP contribution >= 0.6 is 0 Å². The summed E-state index contributed by atoms with van der Waals surface area (Å²) in [6.45, 7) is 2.57. The predicted molar refractivity (Wildman–Crippen MR) is 128 cm³/mol. The highest BCUT2D eigenvalue weighted by molar-refractivity contribution is 6.07. The fourth-order valence-corrected chi connectivity index (χ4v) is 4.49. The van der Waals surface area contributed by atoms with Gasteiger partial charge in [-0.3, -0.25) is 9.59 Å². The zero-order valence-electron chi connectivity index (χ0n) is 20.3. The molecule has 0 unspecified atom stereocenters. The molecule has 0 spiro atoms. The SMILES string of the molecule is C[C@H]1CN(c2cc(F)c(C3=CCN(C(=O)O)C3)c(F)c2NC(=O)c2c[nH]c(=O)cc2C(F)(F)F)CCN1C. The number of aromatic nitrogens is 1. The van der Waals surface area contributed by atoms with E-state index in [1.54, 1.807) is 4.90 Å². The van der Waals surface area contributed by atoms with Crippen molar-refractivity contribution in [2.45, 2.75) is 19.1 Å². The van der Waals surface area contributed by atoms with Crippen molar-refractivity contribution in [3.05, 3.63) is 63.1 Å². The van der Waals surface area contributed by atoms with Gasteiger partial charge in [-0.05, 0) is 19.5 Å². The molecule has 0 radical (unpaired) electrons. The van der Waals surface area contributed by atoms with Crippen LogP contribution < -0.4 is 15.8 Å². The van der Waals surface area contributed by atoms with Crippen molar-refractivity contribution in [1.82, 2.24) is 14.8 Å². The molecular weight excluding hydrogens is 517 g/mol. The van der Waals surface area contributed by atoms with Crippen LogP contribution in [0.2, 0.25) is 0 Å². The molecule has 3 N–H and O–H groups in total. The van der Waals surface area contributed by atoms with Crippen molar-refractivity contribution >= 4 is 28.9 Å². The van der Waals surface area contributed by atoms with E-state index >= 15 is 8.78 Å². The molecule has 14 heteroatoms. The van der Waals surface area contributed by atoms with Gasteiger partial charge in [-0.2, -0.15) is 13.2 Å². The third-order valence-corrected chi connectivity index (χ3v) is 6.72. The predicted octanol–water partition coefficient (Wildman–Crippen LogP) is 3.44. The summed E-state index contributed by atoms with van der Waals surface area (Å²) in [6.07, 6.45) is -4.46. The summed E-state index contributed by atoms with van der Waals surface area (Å²) in [5.74, 6) is -3.64. The van der Waals surface area contributed by atoms with Gasteiger partial charge in [0.25, 0.3) is 5.91 Å². The van der Waals surface area contributed by atoms with Crippen LogP contribution in [0.25, 0.3) is 5.57 Å². The maximum atomic E-state index is 16.0. The number of carboxylic acid groups (broad SMARTS) is 1. The number of carbonyl (C=O) groups excluding carboxylic acids is 1. The van der Waals surface area contributed by atoms with E-state index < -0.39 is 57.7 Å². The van der Waals surface area contributed by atoms with Crippen LogP contribution in [0.15, 0.2) is 29.2 Å². The highest BCUT2D eigenvalue weighted by Crippen LogP contribution is 2.39. The molecule has 3 heterocycles. The van der Waals surface area contributed by atoms with Gasteiger partial charge in [0.15, 0.2) is 5.82 Å². The van der Waals surface area contributed by atoms with E-state index in [2.05, 4.69) is 5.32 Å². The maximum absolute atomic E-state index is 16.0. The van der Waals surface area contributed by atoms with Gasteiger partial charge in [0.1, 0.15) is 11.5 Å². The molecule has 2 aromatic rings. The van der Waals surface area contributed by atoms with Crippen molar-refractivity contribution in [2.24, 2.45) is 0 Å². The first-order valence-corrected chi connectivity index (χ1v) is 11.5. The molecular formula is C24H24F5N5O4. The number of rotatable bonds is 4. The van der Waals surface area contributed by atoms with Gasteiger partial charge in [0.05, 0.1) is 22.4 Å². The molecule has 1 atom stereocenters. The summed E-state index contributed by atoms with van der Waals surface area (Å²) in [4.78, 5) is 42.4. The number of amides is 2. The highest BCUT2D eigenvalue weighted by atomic mass is 19.4. The Balaban J connectivity index is 1.81. The van der Waals surface area contributed by atoms with Gasteiger partial charge in [0.2, 0.25) is 5.56 Å². The van der Waals surface area contributed by atoms with Crippen molar-refractivity contribution in [3.63, 3.8) is 0 Å². The van der Waals surface area contributed by atoms with Gasteiger partial charge < -0.3 is 30.1 Å². The smallest absolute Gasteiger partial charge is 0.417 e. The minimum absolute atomic E-state index is 0.0104. The van der Waals surface area contributed by atoms with Crippen LogP contribution in [0.4, 0.5) is 38.1 Å². The number of carbonyl (C=O) groups is 2. The molecule has 1 aromatic heterocycles. The minimum Gasteiger partial charge on any atom is -0.465 e. The molecule has 0 aliphatic carbocycles. The van der Waals surface area contributed by atoms with E-state index in [1.807, 2.05) is 23.9 Å². The topological polar surface area (TPSA) is 109 Å². The summed E-state index contributed by atoms with van der Waals surface area (Å²) in [7, 11) is 1.87. The van der Waals surface area contributed by atoms with E-state index in [1.165, 1.54) is 6.08 Å². The number of aromatic amines is 1. The molecule has 1 saturated heterocycles. The van der Waals surface area contributed by atoms with Gasteiger partial charge in [-0.15, -0.1) is 0 Å². The number of alkyl halides is 3. The fourth-order valence-electron chi connectivity index (χ4n) is 4.49. The van der Waals surface area contributed by atoms with E-state index in [0.29, 0.717) is 25.8 Å². The van der Waals surface area contributed by atoms with Crippen molar-refractivity contribution in [3.8, 4) is 0 Å². The number of piperazine rings is 1. The Morgan fingerprint density at radius 1 is 1.18 bits per heavy atom. The summed E-state index contributed by atoms with van der Waals surface area (Å²) < 4.78 is 72.0. The van der Waals surface area contributed by atoms with Crippen LogP contribution in [0, 0.1) is 11.6 Å². The second-order valence-electron chi connectivity index (χ2n) is 9.19. The first-order chi connectivity index (χ1) is 17.8. The van der Waals surface area contributed by atoms with Crippen LogP contribution in [0.1, 0.15) is 28.4 Å². The van der Waals surface area contributed by atoms with E-state index in [-0.39, 0.29) is 36.5 Å². The Morgan fingerprint density at radius 2 is 1.89 bits per heavy atom. The van der Waals surface area contributed by atoms with Crippen molar-refractivity contribution in [2.75, 3.05) is 50.0 Å². The lowest BCUT2D eigenvalue weighted by Crippen LogP contribution is -2.50. The lowest BCUT2D eigenvalue weighted by atomic mass is 10.0. The van der Waals surface area contributed by atoms with Crippen LogP contribution in [0.5, 0.6) is 0 Å². The van der Waals surface area contributed by atoms with Gasteiger partial charge in [-0.1, -0.05) is 6.08 Å². The Labute approximate surface area is 213 Å². The molecule has 1 aromatic carbocycles. The highest BCUT2D eigenvalue weighted by Gasteiger charge is 2.37. The fraction of sp³-hybridized carbons (Fsp3) is 0.375. The van der Waals surface area contributed by atoms with E-state index in [4.69, 9.17) is 0 Å². The average molecular weight is 541 g/mol. The summed E-state index contributed by atoms with van der Waals surface area (Å²) in [6, 6.07) is 1.15. The standard InChI is InChI=1S/C24H24F5N5O4/c1-12-10-33(6-5-32(12)2)17-8-16(25)19(13-3-4-34(11-13)23(37)38)20(26)21(17)31-22(36)14-9-30-18(35)7-15(14)24(27,28)29/h3,7-9,12H,4-6,10-11H2,1-2H3,(H,30,35)(H,31,36)(H,37,38)/t12-/m0/s1. The van der Waals surface area contributed by atoms with Crippen molar-refractivity contribution in [1.29, 1.82) is 0 Å². The number of nitrogens with one attached hydrogen (secondary N) is 2. The second-order valence-corrected chi connectivity index (χ2v) is 9.19. The maximum Gasteiger partial charge on any atom is 0.417 e. The summed E-state index contributed by atoms with van der Waals surface area (Å²) >= 11 is 0. The number of likely N-dealkylation sites (N-methyl/N-ethyl adjacent to an activating group) is 1. The first-order valence-electron chi connectivity index (χ1n) is 11.5. The molecule has 38 heavy (non-hydrogen) atoms. The van der Waals surface area contributed by atoms with Gasteiger partial charge in [-0.25, -0.2) is 13.6 Å². The molecule has 0 saturated carbocycles. The minimum atomic E-state index is -5.06. The molecule has 2 aliphatic heterocycles. The second kappa shape index (κ2) is 10.1. The summed E-state index contributed by atoms with van der Waals surface area (Å²) in [5.41, 5.74) is -4.79. The van der Waals surface area contributed by atoms with Crippen LogP contribution in [-0.4, -0.2) is 77.7 Å². The number of hydrogen-bond acceptors (Lipinski definition) is 5. The molecule has 1 fully saturated rings. The Morgan fingerprint density at radius 3 is 2.50 bits per heavy atom. The first kappa shape index (κ1) is 27.1. The van der Waals surface area contributed by atoms with Crippen LogP contribution in [0.3, 0.4) is 0 Å². The summed E-state index contributed by atoms with van der Waals surface area (Å²) in [5, 5.41) is 11.4. The number of nitrogens with zero attached hydrogens (tertiary/aromatic N) is 3. The Bertz CT molecular complexity index is 1370. The molecule has 2 amide bonds. The third kappa shape index (κ3) is 5.21. The number of halogens is 5. The third-order valence-electron chi connectivity index (χ3n) is 6.72. The number of benzene rings is 1. The molecule has 0 bridgehead atoms. The number of H-pyrrole nitrogens is 1. The van der Waals surface area contributed by atoms with Gasteiger partial charge in [0, 0.05) is 57.1 Å². The molecule has 204 valence electrons. The van der Waals surface area contributed by atoms with E-state index in [0.717, 1.165) is 11.0 Å². The zero-order chi connectivity index (χ0) is 27.9. The van der Waals surface area contributed by atoms with Crippen LogP contribution in [-0.2, 0) is 6.18 Å². The molecule has 2 aliphatic rings. The largest absolute Gasteiger partial charge is 0.465 e. The van der Waals surface area contributed by atoms with Gasteiger partial charge >= 0.3 is 12.3 Å². The lowest BCUT2D eigenvalue weighted by molar-refractivity contribution is -0.138. The molecule has 9 nitrogen and oxygen atoms in total. The zero-order valence-corrected chi connectivity index (χ0v) is 20.3.